The van der Waals surface area contributed by atoms with Gasteiger partial charge in [0.05, 0.1) is 7.11 Å². The van der Waals surface area contributed by atoms with Gasteiger partial charge in [0, 0.05) is 29.7 Å². The first kappa shape index (κ1) is 13.9. The summed E-state index contributed by atoms with van der Waals surface area (Å²) in [6, 6.07) is 8.27. The van der Waals surface area contributed by atoms with E-state index < -0.39 is 0 Å². The minimum Gasteiger partial charge on any atom is -0.466 e. The Balaban J connectivity index is 1.78. The van der Waals surface area contributed by atoms with Gasteiger partial charge >= 0.3 is 5.97 Å². The van der Waals surface area contributed by atoms with Gasteiger partial charge in [-0.25, -0.2) is 4.79 Å². The molecule has 2 aromatic rings. The van der Waals surface area contributed by atoms with Gasteiger partial charge in [-0.3, -0.25) is 0 Å². The molecule has 2 N–H and O–H groups in total. The molecule has 0 fully saturated rings. The number of hydrogen-bond acceptors (Lipinski definition) is 3. The van der Waals surface area contributed by atoms with Crippen LogP contribution in [-0.2, 0) is 16.0 Å². The first-order chi connectivity index (χ1) is 9.81. The number of hydrogen-bond donors (Lipinski definition) is 2. The van der Waals surface area contributed by atoms with Gasteiger partial charge < -0.3 is 15.0 Å². The molecule has 4 heteroatoms. The maximum absolute atomic E-state index is 10.8. The van der Waals surface area contributed by atoms with Crippen LogP contribution in [0.1, 0.15) is 5.56 Å². The van der Waals surface area contributed by atoms with Crippen LogP contribution in [0.25, 0.3) is 10.9 Å². The van der Waals surface area contributed by atoms with Crippen molar-refractivity contribution in [3.63, 3.8) is 0 Å². The van der Waals surface area contributed by atoms with E-state index in [0.29, 0.717) is 0 Å². The molecule has 0 aliphatic heterocycles. The first-order valence-electron chi connectivity index (χ1n) is 6.51. The van der Waals surface area contributed by atoms with Gasteiger partial charge in [-0.1, -0.05) is 24.3 Å². The average molecular weight is 270 g/mol. The molecule has 4 nitrogen and oxygen atoms in total. The number of carbonyl (C=O) groups excluding carboxylic acids is 1. The van der Waals surface area contributed by atoms with E-state index in [1.165, 1.54) is 29.7 Å². The molecule has 1 heterocycles. The molecule has 0 saturated heterocycles. The van der Waals surface area contributed by atoms with Crippen molar-refractivity contribution < 1.29 is 9.53 Å². The summed E-state index contributed by atoms with van der Waals surface area (Å²) < 4.78 is 4.48. The first-order valence-corrected chi connectivity index (χ1v) is 6.51. The highest BCUT2D eigenvalue weighted by Gasteiger charge is 2.00. The van der Waals surface area contributed by atoms with Crippen LogP contribution in [0.15, 0.2) is 54.9 Å². The van der Waals surface area contributed by atoms with Crippen molar-refractivity contribution in [3.8, 4) is 0 Å². The molecule has 0 saturated carbocycles. The zero-order valence-electron chi connectivity index (χ0n) is 11.4. The minimum absolute atomic E-state index is 0.353. The lowest BCUT2D eigenvalue weighted by Gasteiger charge is -1.99. The number of ether oxygens (including phenoxy) is 1. The number of aromatic amines is 1. The Morgan fingerprint density at radius 1 is 1.35 bits per heavy atom. The Morgan fingerprint density at radius 3 is 3.05 bits per heavy atom. The molecule has 0 spiro atoms. The van der Waals surface area contributed by atoms with Crippen LogP contribution in [-0.4, -0.2) is 24.6 Å². The van der Waals surface area contributed by atoms with E-state index in [-0.39, 0.29) is 5.97 Å². The molecule has 0 aliphatic carbocycles. The summed E-state index contributed by atoms with van der Waals surface area (Å²) in [5.41, 5.74) is 2.46. The Labute approximate surface area is 118 Å². The highest BCUT2D eigenvalue weighted by Crippen LogP contribution is 2.17. The zero-order valence-corrected chi connectivity index (χ0v) is 11.4. The summed E-state index contributed by atoms with van der Waals surface area (Å²) >= 11 is 0. The quantitative estimate of drug-likeness (QED) is 0.367. The third-order valence-corrected chi connectivity index (χ3v) is 2.97. The monoisotopic (exact) mass is 270 g/mol. The second kappa shape index (κ2) is 7.19. The number of benzene rings is 1. The predicted octanol–water partition coefficient (Wildman–Crippen LogP) is 2.54. The maximum Gasteiger partial charge on any atom is 0.330 e. The molecule has 0 aliphatic rings. The molecule has 0 radical (unpaired) electrons. The highest BCUT2D eigenvalue weighted by molar-refractivity contribution is 5.83. The molecule has 1 aromatic carbocycles. The minimum atomic E-state index is -0.353. The van der Waals surface area contributed by atoms with E-state index in [9.17, 15) is 4.79 Å². The molecular formula is C16H18N2O2. The summed E-state index contributed by atoms with van der Waals surface area (Å²) in [5.74, 6) is -0.353. The van der Waals surface area contributed by atoms with Crippen molar-refractivity contribution in [2.75, 3.05) is 13.7 Å². The van der Waals surface area contributed by atoms with E-state index in [2.05, 4.69) is 27.2 Å². The number of nitrogens with one attached hydrogen (secondary N) is 2. The van der Waals surface area contributed by atoms with E-state index in [1.807, 2.05) is 24.5 Å². The van der Waals surface area contributed by atoms with Crippen molar-refractivity contribution in [1.29, 1.82) is 0 Å². The van der Waals surface area contributed by atoms with Crippen molar-refractivity contribution >= 4 is 16.9 Å². The van der Waals surface area contributed by atoms with Gasteiger partial charge in [0.1, 0.15) is 0 Å². The summed E-state index contributed by atoms with van der Waals surface area (Å²) in [7, 11) is 1.36. The predicted molar refractivity (Wildman–Crippen MR) is 80.3 cm³/mol. The lowest BCUT2D eigenvalue weighted by Crippen LogP contribution is -2.09. The van der Waals surface area contributed by atoms with Gasteiger partial charge in [0.15, 0.2) is 0 Å². The molecule has 0 amide bonds. The fourth-order valence-electron chi connectivity index (χ4n) is 1.95. The smallest absolute Gasteiger partial charge is 0.330 e. The lowest BCUT2D eigenvalue weighted by molar-refractivity contribution is -0.134. The number of allylic oxidation sites excluding steroid dienone is 2. The molecule has 20 heavy (non-hydrogen) atoms. The third-order valence-electron chi connectivity index (χ3n) is 2.97. The summed E-state index contributed by atoms with van der Waals surface area (Å²) in [6.07, 6.45) is 9.59. The molecule has 1 aromatic heterocycles. The number of carbonyl (C=O) groups is 1. The Hall–Kier alpha value is -2.49. The number of para-hydroxylation sites is 1. The highest BCUT2D eigenvalue weighted by atomic mass is 16.5. The van der Waals surface area contributed by atoms with Gasteiger partial charge in [-0.05, 0) is 30.3 Å². The third kappa shape index (κ3) is 3.75. The second-order valence-corrected chi connectivity index (χ2v) is 4.31. The van der Waals surface area contributed by atoms with Crippen LogP contribution in [0.3, 0.4) is 0 Å². The topological polar surface area (TPSA) is 54.1 Å². The van der Waals surface area contributed by atoms with Crippen LogP contribution < -0.4 is 5.32 Å². The molecule has 104 valence electrons. The number of methoxy groups -OCH3 is 1. The number of aromatic nitrogens is 1. The molecule has 0 atom stereocenters. The van der Waals surface area contributed by atoms with Crippen molar-refractivity contribution in [1.82, 2.24) is 10.3 Å². The normalized spacial score (nSPS) is 11.4. The number of rotatable bonds is 6. The SMILES string of the molecule is COC(=O)/C=C/C=C/NCCc1c[nH]c2ccccc12. The Kier molecular flexibility index (Phi) is 5.00. The molecule has 0 bridgehead atoms. The van der Waals surface area contributed by atoms with E-state index in [4.69, 9.17) is 0 Å². The van der Waals surface area contributed by atoms with Crippen molar-refractivity contribution in [2.24, 2.45) is 0 Å². The zero-order chi connectivity index (χ0) is 14.2. The van der Waals surface area contributed by atoms with E-state index in [0.717, 1.165) is 13.0 Å². The van der Waals surface area contributed by atoms with Crippen LogP contribution in [0.5, 0.6) is 0 Å². The van der Waals surface area contributed by atoms with Crippen LogP contribution >= 0.6 is 0 Å². The number of fused-ring (bicyclic) bond motifs is 1. The fraction of sp³-hybridized carbons (Fsp3) is 0.188. The van der Waals surface area contributed by atoms with Gasteiger partial charge in [-0.15, -0.1) is 0 Å². The Morgan fingerprint density at radius 2 is 2.20 bits per heavy atom. The van der Waals surface area contributed by atoms with Crippen LogP contribution in [0, 0.1) is 0 Å². The largest absolute Gasteiger partial charge is 0.466 e. The number of esters is 1. The summed E-state index contributed by atoms with van der Waals surface area (Å²) in [6.45, 7) is 0.838. The molecular weight excluding hydrogens is 252 g/mol. The van der Waals surface area contributed by atoms with Crippen LogP contribution in [0.2, 0.25) is 0 Å². The van der Waals surface area contributed by atoms with Crippen molar-refractivity contribution in [2.45, 2.75) is 6.42 Å². The van der Waals surface area contributed by atoms with Crippen molar-refractivity contribution in [3.05, 3.63) is 60.5 Å². The van der Waals surface area contributed by atoms with E-state index in [1.54, 1.807) is 12.2 Å². The summed E-state index contributed by atoms with van der Waals surface area (Å²) in [4.78, 5) is 14.1. The molecule has 2 rings (SSSR count). The van der Waals surface area contributed by atoms with E-state index >= 15 is 0 Å². The fourth-order valence-corrected chi connectivity index (χ4v) is 1.95. The maximum atomic E-state index is 10.8. The van der Waals surface area contributed by atoms with Gasteiger partial charge in [0.2, 0.25) is 0 Å². The summed E-state index contributed by atoms with van der Waals surface area (Å²) in [5, 5.41) is 4.45. The molecule has 0 unspecified atom stereocenters. The van der Waals surface area contributed by atoms with Crippen LogP contribution in [0.4, 0.5) is 0 Å². The lowest BCUT2D eigenvalue weighted by atomic mass is 10.1. The second-order valence-electron chi connectivity index (χ2n) is 4.31. The van der Waals surface area contributed by atoms with Gasteiger partial charge in [0.25, 0.3) is 0 Å². The average Bonchev–Trinajstić information content (AvgIpc) is 2.89. The Bertz CT molecular complexity index is 626. The standard InChI is InChI=1S/C16H18N2O2/c1-20-16(19)8-4-5-10-17-11-9-13-12-18-15-7-3-2-6-14(13)15/h2-8,10,12,17-18H,9,11H2,1H3/b8-4+,10-5+. The van der Waals surface area contributed by atoms with Gasteiger partial charge in [-0.2, -0.15) is 0 Å². The number of H-pyrrole nitrogens is 1.